The zero-order valence-corrected chi connectivity index (χ0v) is 10.3. The van der Waals surface area contributed by atoms with Gasteiger partial charge in [0.2, 0.25) is 0 Å². The van der Waals surface area contributed by atoms with Gasteiger partial charge in [-0.05, 0) is 20.8 Å². The molecule has 0 amide bonds. The van der Waals surface area contributed by atoms with Crippen LogP contribution in [-0.2, 0) is 17.8 Å². The molecule has 1 rings (SSSR count). The van der Waals surface area contributed by atoms with Crippen LogP contribution in [0.5, 0.6) is 0 Å². The van der Waals surface area contributed by atoms with Crippen molar-refractivity contribution >= 4 is 17.6 Å². The summed E-state index contributed by atoms with van der Waals surface area (Å²) in [6, 6.07) is 0. The zero-order chi connectivity index (χ0) is 12.2. The lowest BCUT2D eigenvalue weighted by Gasteiger charge is -2.17. The van der Waals surface area contributed by atoms with E-state index in [0.717, 1.165) is 12.4 Å². The molecule has 0 saturated heterocycles. The highest BCUT2D eigenvalue weighted by Gasteiger charge is 2.25. The van der Waals surface area contributed by atoms with Gasteiger partial charge in [0.05, 0.1) is 18.6 Å². The summed E-state index contributed by atoms with van der Waals surface area (Å²) in [4.78, 5) is 7.52. The Morgan fingerprint density at radius 1 is 1.44 bits per heavy atom. The molecule has 1 heterocycles. The van der Waals surface area contributed by atoms with Gasteiger partial charge < -0.3 is 4.55 Å². The van der Waals surface area contributed by atoms with Crippen LogP contribution >= 0.6 is 0 Å². The van der Waals surface area contributed by atoms with Gasteiger partial charge in [0.25, 0.3) is 0 Å². The van der Waals surface area contributed by atoms with Crippen LogP contribution in [0, 0.1) is 5.82 Å². The molecule has 16 heavy (non-hydrogen) atoms. The van der Waals surface area contributed by atoms with Gasteiger partial charge in [-0.15, -0.1) is 0 Å². The molecule has 0 aromatic carbocycles. The minimum atomic E-state index is -1.28. The highest BCUT2D eigenvalue weighted by molar-refractivity contribution is 7.91. The fourth-order valence-electron chi connectivity index (χ4n) is 0.789. The summed E-state index contributed by atoms with van der Waals surface area (Å²) >= 11 is -1.28. The van der Waals surface area contributed by atoms with Gasteiger partial charge in [0, 0.05) is 6.42 Å². The molecule has 0 aliphatic carbocycles. The Bertz CT molecular complexity index is 361. The normalized spacial score (nSPS) is 14.3. The molecule has 0 aliphatic heterocycles. The summed E-state index contributed by atoms with van der Waals surface area (Å²) < 4.78 is 27.5. The molecular formula is C10H14FN3OS. The van der Waals surface area contributed by atoms with Crippen molar-refractivity contribution in [3.63, 3.8) is 0 Å². The molecule has 0 N–H and O–H groups in total. The van der Waals surface area contributed by atoms with Crippen LogP contribution in [0.25, 0.3) is 0 Å². The lowest BCUT2D eigenvalue weighted by Crippen LogP contribution is -2.25. The van der Waals surface area contributed by atoms with Crippen LogP contribution < -0.4 is 0 Å². The lowest BCUT2D eigenvalue weighted by atomic mass is 10.3. The van der Waals surface area contributed by atoms with E-state index in [4.69, 9.17) is 0 Å². The monoisotopic (exact) mass is 243 g/mol. The van der Waals surface area contributed by atoms with Crippen LogP contribution in [0.3, 0.4) is 0 Å². The Balaban J connectivity index is 2.52. The second kappa shape index (κ2) is 5.36. The average molecular weight is 243 g/mol. The Morgan fingerprint density at radius 2 is 2.00 bits per heavy atom. The second-order valence-electron chi connectivity index (χ2n) is 4.17. The fraction of sp³-hybridized carbons (Fsp3) is 0.500. The highest BCUT2D eigenvalue weighted by Crippen LogP contribution is 2.16. The first kappa shape index (κ1) is 13.1. The van der Waals surface area contributed by atoms with Crippen molar-refractivity contribution in [3.05, 3.63) is 24.0 Å². The van der Waals surface area contributed by atoms with Crippen LogP contribution in [-0.4, -0.2) is 25.5 Å². The van der Waals surface area contributed by atoms with Crippen molar-refractivity contribution in [2.24, 2.45) is 4.40 Å². The van der Waals surface area contributed by atoms with Gasteiger partial charge in [-0.25, -0.2) is 14.4 Å². The maximum absolute atomic E-state index is 12.5. The molecule has 0 saturated carbocycles. The molecular weight excluding hydrogens is 229 g/mol. The van der Waals surface area contributed by atoms with Crippen molar-refractivity contribution in [2.45, 2.75) is 31.9 Å². The Morgan fingerprint density at radius 3 is 2.50 bits per heavy atom. The molecule has 1 atom stereocenters. The molecule has 6 heteroatoms. The minimum absolute atomic E-state index is 0.349. The predicted octanol–water partition coefficient (Wildman–Crippen LogP) is 1.69. The minimum Gasteiger partial charge on any atom is -0.591 e. The number of hydrogen-bond donors (Lipinski definition) is 0. The van der Waals surface area contributed by atoms with Crippen molar-refractivity contribution in [1.82, 2.24) is 9.97 Å². The lowest BCUT2D eigenvalue weighted by molar-refractivity contribution is 0.561. The third-order valence-corrected chi connectivity index (χ3v) is 3.03. The van der Waals surface area contributed by atoms with Crippen LogP contribution in [0.2, 0.25) is 0 Å². The SMILES string of the molecule is CC(C)(C)[S+]([O-])/N=C/Cc1ncc(F)cn1. The maximum atomic E-state index is 12.5. The summed E-state index contributed by atoms with van der Waals surface area (Å²) in [7, 11) is 0. The molecule has 1 unspecified atom stereocenters. The molecule has 0 aliphatic rings. The highest BCUT2D eigenvalue weighted by atomic mass is 32.2. The first-order valence-corrected chi connectivity index (χ1v) is 5.91. The number of hydrogen-bond acceptors (Lipinski definition) is 4. The molecule has 1 aromatic rings. The van der Waals surface area contributed by atoms with Gasteiger partial charge >= 0.3 is 0 Å². The summed E-state index contributed by atoms with van der Waals surface area (Å²) in [5.74, 6) is -0.0185. The van der Waals surface area contributed by atoms with Gasteiger partial charge in [-0.3, -0.25) is 0 Å². The van der Waals surface area contributed by atoms with E-state index >= 15 is 0 Å². The Labute approximate surface area is 97.4 Å². The standard InChI is InChI=1S/C10H14FN3OS/c1-10(2,3)16(15)14-5-4-9-12-6-8(11)7-13-9/h5-7H,4H2,1-3H3/b14-5+. The second-order valence-corrected chi connectivity index (χ2v) is 6.11. The topological polar surface area (TPSA) is 61.2 Å². The van der Waals surface area contributed by atoms with E-state index in [0.29, 0.717) is 12.2 Å². The van der Waals surface area contributed by atoms with Crippen molar-refractivity contribution in [1.29, 1.82) is 0 Å². The first-order chi connectivity index (χ1) is 7.39. The Hall–Kier alpha value is -1.01. The van der Waals surface area contributed by atoms with Crippen molar-refractivity contribution < 1.29 is 8.94 Å². The number of halogens is 1. The summed E-state index contributed by atoms with van der Waals surface area (Å²) in [5.41, 5.74) is 0. The van der Waals surface area contributed by atoms with E-state index in [1.54, 1.807) is 0 Å². The van der Waals surface area contributed by atoms with E-state index in [1.165, 1.54) is 6.21 Å². The van der Waals surface area contributed by atoms with Gasteiger partial charge in [-0.2, -0.15) is 0 Å². The van der Waals surface area contributed by atoms with Gasteiger partial charge in [0.1, 0.15) is 21.9 Å². The molecule has 1 aromatic heterocycles. The zero-order valence-electron chi connectivity index (χ0n) is 9.48. The van der Waals surface area contributed by atoms with Crippen LogP contribution in [0.1, 0.15) is 26.6 Å². The predicted molar refractivity (Wildman–Crippen MR) is 62.1 cm³/mol. The van der Waals surface area contributed by atoms with Crippen molar-refractivity contribution in [2.75, 3.05) is 0 Å². The largest absolute Gasteiger partial charge is 0.591 e. The maximum Gasteiger partial charge on any atom is 0.159 e. The van der Waals surface area contributed by atoms with Crippen LogP contribution in [0.15, 0.2) is 16.8 Å². The van der Waals surface area contributed by atoms with Gasteiger partial charge in [-0.1, -0.05) is 4.40 Å². The molecule has 0 spiro atoms. The van der Waals surface area contributed by atoms with E-state index in [2.05, 4.69) is 14.4 Å². The molecule has 0 radical (unpaired) electrons. The third kappa shape index (κ3) is 4.24. The number of aromatic nitrogens is 2. The smallest absolute Gasteiger partial charge is 0.159 e. The quantitative estimate of drug-likeness (QED) is 0.599. The fourth-order valence-corrected chi connectivity index (χ4v) is 1.32. The molecule has 88 valence electrons. The summed E-state index contributed by atoms with van der Waals surface area (Å²) in [5, 5.41) is 0. The van der Waals surface area contributed by atoms with E-state index < -0.39 is 17.2 Å². The Kier molecular flexibility index (Phi) is 4.37. The number of rotatable bonds is 3. The van der Waals surface area contributed by atoms with Crippen LogP contribution in [0.4, 0.5) is 4.39 Å². The van der Waals surface area contributed by atoms with Gasteiger partial charge in [0.15, 0.2) is 5.82 Å². The molecule has 4 nitrogen and oxygen atoms in total. The summed E-state index contributed by atoms with van der Waals surface area (Å²) in [6.45, 7) is 5.53. The summed E-state index contributed by atoms with van der Waals surface area (Å²) in [6.07, 6.45) is 4.03. The number of nitrogens with zero attached hydrogens (tertiary/aromatic N) is 3. The average Bonchev–Trinajstić information content (AvgIpc) is 2.19. The van der Waals surface area contributed by atoms with E-state index in [1.807, 2.05) is 20.8 Å². The van der Waals surface area contributed by atoms with E-state index in [-0.39, 0.29) is 4.75 Å². The molecule has 0 bridgehead atoms. The third-order valence-electron chi connectivity index (χ3n) is 1.64. The van der Waals surface area contributed by atoms with E-state index in [9.17, 15) is 8.94 Å². The molecule has 0 fully saturated rings. The first-order valence-electron chi connectivity index (χ1n) is 4.80. The van der Waals surface area contributed by atoms with Crippen molar-refractivity contribution in [3.8, 4) is 0 Å².